The molecule has 0 fully saturated rings. The number of rotatable bonds is 1. The lowest BCUT2D eigenvalue weighted by molar-refractivity contribution is 1.39. The van der Waals surface area contributed by atoms with Gasteiger partial charge in [0.25, 0.3) is 0 Å². The molecule has 0 aliphatic rings. The molecule has 3 aromatic rings. The highest BCUT2D eigenvalue weighted by atomic mass is 127. The molecule has 3 rings (SSSR count). The molecule has 2 aromatic carbocycles. The van der Waals surface area contributed by atoms with Gasteiger partial charge in [0.05, 0.1) is 0 Å². The molecular formula is C12H9BIN. The van der Waals surface area contributed by atoms with Crippen molar-refractivity contribution in [2.75, 3.05) is 0 Å². The lowest BCUT2D eigenvalue weighted by Gasteiger charge is -1.99. The van der Waals surface area contributed by atoms with Crippen molar-refractivity contribution >= 4 is 49.5 Å². The zero-order chi connectivity index (χ0) is 10.3. The van der Waals surface area contributed by atoms with Crippen molar-refractivity contribution in [1.82, 2.24) is 4.48 Å². The number of para-hydroxylation sites is 2. The van der Waals surface area contributed by atoms with Gasteiger partial charge in [-0.3, -0.25) is 0 Å². The van der Waals surface area contributed by atoms with Crippen molar-refractivity contribution < 1.29 is 0 Å². The van der Waals surface area contributed by atoms with Crippen LogP contribution in [0.1, 0.15) is 0 Å². The fourth-order valence-electron chi connectivity index (χ4n) is 2.13. The first-order valence-electron chi connectivity index (χ1n) is 4.94. The fourth-order valence-corrected chi connectivity index (χ4v) is 2.87. The van der Waals surface area contributed by atoms with E-state index in [1.54, 1.807) is 0 Å². The first-order valence-corrected chi connectivity index (χ1v) is 6.46. The number of fused-ring (bicyclic) bond motifs is 3. The van der Waals surface area contributed by atoms with E-state index in [9.17, 15) is 0 Å². The quantitative estimate of drug-likeness (QED) is 0.480. The van der Waals surface area contributed by atoms with Gasteiger partial charge < -0.3 is 4.48 Å². The Morgan fingerprint density at radius 2 is 1.27 bits per heavy atom. The summed E-state index contributed by atoms with van der Waals surface area (Å²) < 4.78 is 2.35. The van der Waals surface area contributed by atoms with E-state index in [0.717, 1.165) is 5.27 Å². The summed E-state index contributed by atoms with van der Waals surface area (Å²) in [4.78, 5) is 0. The Labute approximate surface area is 102 Å². The molecule has 0 spiro atoms. The van der Waals surface area contributed by atoms with Gasteiger partial charge in [-0.1, -0.05) is 36.4 Å². The third kappa shape index (κ3) is 1.29. The van der Waals surface area contributed by atoms with Crippen molar-refractivity contribution in [2.24, 2.45) is 0 Å². The molecule has 0 aliphatic heterocycles. The minimum Gasteiger partial charge on any atom is -0.378 e. The molecule has 0 N–H and O–H groups in total. The zero-order valence-electron chi connectivity index (χ0n) is 8.15. The number of halogens is 1. The van der Waals surface area contributed by atoms with Crippen LogP contribution in [0.15, 0.2) is 48.5 Å². The third-order valence-electron chi connectivity index (χ3n) is 2.80. The number of benzene rings is 2. The van der Waals surface area contributed by atoms with Crippen molar-refractivity contribution in [3.8, 4) is 0 Å². The van der Waals surface area contributed by atoms with Gasteiger partial charge in [-0.05, 0) is 12.1 Å². The first-order chi connectivity index (χ1) is 7.42. The fraction of sp³-hybridized carbons (Fsp3) is 0. The van der Waals surface area contributed by atoms with Gasteiger partial charge in [-0.2, -0.15) is 0 Å². The summed E-state index contributed by atoms with van der Waals surface area (Å²) in [6.07, 6.45) is 0. The Bertz CT molecular complexity index is 576. The zero-order valence-corrected chi connectivity index (χ0v) is 10.3. The summed E-state index contributed by atoms with van der Waals surface area (Å²) in [5.41, 5.74) is 2.65. The van der Waals surface area contributed by atoms with E-state index in [0.29, 0.717) is 0 Å². The topological polar surface area (TPSA) is 4.93 Å². The third-order valence-corrected chi connectivity index (χ3v) is 3.48. The SMILES string of the molecule is IBn1c2ccccc2c2ccccc21. The van der Waals surface area contributed by atoms with Crippen LogP contribution in [0.25, 0.3) is 21.8 Å². The molecule has 0 atom stereocenters. The molecule has 0 unspecified atom stereocenters. The number of nitrogens with zero attached hydrogens (tertiary/aromatic N) is 1. The van der Waals surface area contributed by atoms with E-state index in [1.807, 2.05) is 0 Å². The largest absolute Gasteiger partial charge is 0.378 e. The molecule has 72 valence electrons. The molecule has 1 heterocycles. The van der Waals surface area contributed by atoms with E-state index in [-0.39, 0.29) is 0 Å². The van der Waals surface area contributed by atoms with Crippen LogP contribution < -0.4 is 0 Å². The van der Waals surface area contributed by atoms with Crippen molar-refractivity contribution in [2.45, 2.75) is 0 Å². The van der Waals surface area contributed by atoms with Gasteiger partial charge in [-0.25, -0.2) is 0 Å². The number of aromatic nitrogens is 1. The summed E-state index contributed by atoms with van der Waals surface area (Å²) in [7, 11) is 0. The van der Waals surface area contributed by atoms with Crippen LogP contribution in [0.4, 0.5) is 0 Å². The maximum absolute atomic E-state index is 2.41. The highest BCUT2D eigenvalue weighted by Crippen LogP contribution is 2.27. The standard InChI is InChI=1S/C12H9BIN/c14-13-15-11-7-3-1-5-9(11)10-6-2-4-8-12(10)15/h1-8,13H. The van der Waals surface area contributed by atoms with Gasteiger partial charge >= 0.3 is 5.27 Å². The van der Waals surface area contributed by atoms with E-state index >= 15 is 0 Å². The lowest BCUT2D eigenvalue weighted by atomic mass is 10.2. The summed E-state index contributed by atoms with van der Waals surface area (Å²) in [5, 5.41) is 3.70. The van der Waals surface area contributed by atoms with E-state index in [1.165, 1.54) is 21.8 Å². The van der Waals surface area contributed by atoms with Crippen LogP contribution in [-0.2, 0) is 0 Å². The second-order valence-electron chi connectivity index (χ2n) is 3.58. The van der Waals surface area contributed by atoms with Gasteiger partial charge in [0.1, 0.15) is 0 Å². The molecule has 0 saturated carbocycles. The maximum atomic E-state index is 2.41. The molecule has 0 bridgehead atoms. The lowest BCUT2D eigenvalue weighted by Crippen LogP contribution is -1.96. The highest BCUT2D eigenvalue weighted by molar-refractivity contribution is 14.1. The van der Waals surface area contributed by atoms with Crippen molar-refractivity contribution in [1.29, 1.82) is 0 Å². The van der Waals surface area contributed by atoms with Gasteiger partial charge in [0.2, 0.25) is 0 Å². The number of hydrogen-bond donors (Lipinski definition) is 0. The van der Waals surface area contributed by atoms with Crippen LogP contribution in [0.3, 0.4) is 0 Å². The Hall–Kier alpha value is -0.965. The summed E-state index contributed by atoms with van der Waals surface area (Å²) in [6.45, 7) is 0. The molecule has 0 amide bonds. The van der Waals surface area contributed by atoms with Crippen LogP contribution in [0.5, 0.6) is 0 Å². The highest BCUT2D eigenvalue weighted by Gasteiger charge is 2.07. The summed E-state index contributed by atoms with van der Waals surface area (Å²) >= 11 is 2.41. The summed E-state index contributed by atoms with van der Waals surface area (Å²) in [5.74, 6) is 0. The van der Waals surface area contributed by atoms with Gasteiger partial charge in [0, 0.05) is 21.8 Å². The molecule has 0 radical (unpaired) electrons. The van der Waals surface area contributed by atoms with Gasteiger partial charge in [0.15, 0.2) is 0 Å². The molecule has 15 heavy (non-hydrogen) atoms. The maximum Gasteiger partial charge on any atom is 0.314 e. The predicted octanol–water partition coefficient (Wildman–Crippen LogP) is 3.34. The van der Waals surface area contributed by atoms with E-state index in [2.05, 4.69) is 75.4 Å². The molecule has 0 saturated heterocycles. The van der Waals surface area contributed by atoms with Crippen LogP contribution in [0, 0.1) is 0 Å². The second-order valence-corrected chi connectivity index (χ2v) is 4.26. The monoisotopic (exact) mass is 305 g/mol. The first kappa shape index (κ1) is 9.27. The Balaban J connectivity index is 2.62. The second kappa shape index (κ2) is 3.56. The molecule has 3 heteroatoms. The smallest absolute Gasteiger partial charge is 0.314 e. The van der Waals surface area contributed by atoms with E-state index < -0.39 is 0 Å². The Morgan fingerprint density at radius 3 is 1.73 bits per heavy atom. The summed E-state index contributed by atoms with van der Waals surface area (Å²) in [6, 6.07) is 17.2. The predicted molar refractivity (Wildman–Crippen MR) is 76.0 cm³/mol. The van der Waals surface area contributed by atoms with Crippen LogP contribution in [0.2, 0.25) is 0 Å². The minimum atomic E-state index is 0.992. The van der Waals surface area contributed by atoms with Crippen LogP contribution in [-0.4, -0.2) is 9.75 Å². The molecule has 0 aliphatic carbocycles. The van der Waals surface area contributed by atoms with Crippen molar-refractivity contribution in [3.63, 3.8) is 0 Å². The molecular weight excluding hydrogens is 296 g/mol. The average Bonchev–Trinajstić information content (AvgIpc) is 2.63. The molecule has 1 aromatic heterocycles. The number of hydrogen-bond acceptors (Lipinski definition) is 0. The average molecular weight is 305 g/mol. The van der Waals surface area contributed by atoms with Gasteiger partial charge in [-0.15, -0.1) is 22.4 Å². The van der Waals surface area contributed by atoms with E-state index in [4.69, 9.17) is 0 Å². The normalized spacial score (nSPS) is 11.0. The minimum absolute atomic E-state index is 0.992. The molecule has 1 nitrogen and oxygen atoms in total. The van der Waals surface area contributed by atoms with Crippen LogP contribution >= 0.6 is 22.4 Å². The Morgan fingerprint density at radius 1 is 0.800 bits per heavy atom. The Kier molecular flexibility index (Phi) is 2.20. The van der Waals surface area contributed by atoms with Crippen molar-refractivity contribution in [3.05, 3.63) is 48.5 Å².